The molecule has 2 aromatic rings. The van der Waals surface area contributed by atoms with Gasteiger partial charge in [0.15, 0.2) is 0 Å². The number of benzene rings is 2. The molecule has 0 bridgehead atoms. The van der Waals surface area contributed by atoms with Gasteiger partial charge in [-0.3, -0.25) is 0 Å². The van der Waals surface area contributed by atoms with Gasteiger partial charge in [-0.15, -0.1) is 0 Å². The summed E-state index contributed by atoms with van der Waals surface area (Å²) in [6, 6.07) is 10.7. The Bertz CT molecular complexity index is 572. The van der Waals surface area contributed by atoms with Crippen molar-refractivity contribution in [2.24, 2.45) is 5.73 Å². The first kappa shape index (κ1) is 14.0. The Morgan fingerprint density at radius 1 is 1.11 bits per heavy atom. The van der Waals surface area contributed by atoms with E-state index >= 15 is 0 Å². The zero-order chi connectivity index (χ0) is 13.8. The lowest BCUT2D eigenvalue weighted by Gasteiger charge is -2.17. The molecule has 4 heteroatoms. The lowest BCUT2D eigenvalue weighted by Crippen LogP contribution is -2.16. The SMILES string of the molecule is NCC(Cc1cc(F)ccc1F)c1ccccc1Cl. The number of nitrogens with two attached hydrogens (primary N) is 1. The lowest BCUT2D eigenvalue weighted by atomic mass is 9.92. The van der Waals surface area contributed by atoms with E-state index < -0.39 is 11.6 Å². The molecule has 19 heavy (non-hydrogen) atoms. The molecule has 0 aromatic heterocycles. The van der Waals surface area contributed by atoms with Crippen LogP contribution in [-0.2, 0) is 6.42 Å². The van der Waals surface area contributed by atoms with Crippen molar-refractivity contribution in [3.63, 3.8) is 0 Å². The van der Waals surface area contributed by atoms with E-state index in [1.807, 2.05) is 18.2 Å². The van der Waals surface area contributed by atoms with Crippen LogP contribution in [0.5, 0.6) is 0 Å². The predicted octanol–water partition coefficient (Wildman–Crippen LogP) is 3.90. The van der Waals surface area contributed by atoms with Gasteiger partial charge in [0.05, 0.1) is 0 Å². The van der Waals surface area contributed by atoms with E-state index in [1.165, 1.54) is 6.07 Å². The van der Waals surface area contributed by atoms with E-state index in [0.717, 1.165) is 17.7 Å². The van der Waals surface area contributed by atoms with Crippen LogP contribution in [0.4, 0.5) is 8.78 Å². The van der Waals surface area contributed by atoms with E-state index in [1.54, 1.807) is 6.07 Å². The molecule has 0 amide bonds. The minimum atomic E-state index is -0.452. The molecule has 0 heterocycles. The highest BCUT2D eigenvalue weighted by Gasteiger charge is 2.16. The molecule has 0 saturated heterocycles. The maximum absolute atomic E-state index is 13.6. The van der Waals surface area contributed by atoms with Gasteiger partial charge in [-0.2, -0.15) is 0 Å². The van der Waals surface area contributed by atoms with E-state index in [4.69, 9.17) is 17.3 Å². The second-order valence-corrected chi connectivity index (χ2v) is 4.80. The molecular formula is C15H14ClF2N. The van der Waals surface area contributed by atoms with Gasteiger partial charge >= 0.3 is 0 Å². The molecule has 2 N–H and O–H groups in total. The first-order chi connectivity index (χ1) is 9.11. The van der Waals surface area contributed by atoms with Crippen LogP contribution in [0.2, 0.25) is 5.02 Å². The summed E-state index contributed by atoms with van der Waals surface area (Å²) in [6.07, 6.45) is 0.323. The topological polar surface area (TPSA) is 26.0 Å². The zero-order valence-electron chi connectivity index (χ0n) is 10.2. The molecular weight excluding hydrogens is 268 g/mol. The Morgan fingerprint density at radius 2 is 1.84 bits per heavy atom. The van der Waals surface area contributed by atoms with Crippen LogP contribution in [0.15, 0.2) is 42.5 Å². The van der Waals surface area contributed by atoms with Crippen molar-refractivity contribution >= 4 is 11.6 Å². The summed E-state index contributed by atoms with van der Waals surface area (Å²) in [5.74, 6) is -1.01. The third kappa shape index (κ3) is 3.31. The van der Waals surface area contributed by atoms with Gasteiger partial charge in [0.2, 0.25) is 0 Å². The quantitative estimate of drug-likeness (QED) is 0.904. The molecule has 1 atom stereocenters. The van der Waals surface area contributed by atoms with Crippen molar-refractivity contribution in [2.45, 2.75) is 12.3 Å². The van der Waals surface area contributed by atoms with Gasteiger partial charge in [0.25, 0.3) is 0 Å². The first-order valence-corrected chi connectivity index (χ1v) is 6.38. The zero-order valence-corrected chi connectivity index (χ0v) is 11.0. The van der Waals surface area contributed by atoms with Crippen molar-refractivity contribution in [3.05, 3.63) is 70.2 Å². The third-order valence-corrected chi connectivity index (χ3v) is 3.45. The van der Waals surface area contributed by atoms with E-state index in [9.17, 15) is 8.78 Å². The molecule has 0 aliphatic heterocycles. The summed E-state index contributed by atoms with van der Waals surface area (Å²) in [5, 5.41) is 0.592. The summed E-state index contributed by atoms with van der Waals surface area (Å²) in [5.41, 5.74) is 6.91. The fourth-order valence-electron chi connectivity index (χ4n) is 2.09. The maximum atomic E-state index is 13.6. The van der Waals surface area contributed by atoms with Crippen molar-refractivity contribution in [2.75, 3.05) is 6.54 Å². The first-order valence-electron chi connectivity index (χ1n) is 6.00. The van der Waals surface area contributed by atoms with Crippen molar-refractivity contribution in [1.82, 2.24) is 0 Å². The predicted molar refractivity (Wildman–Crippen MR) is 73.3 cm³/mol. The number of hydrogen-bond acceptors (Lipinski definition) is 1. The Kier molecular flexibility index (Phi) is 4.51. The largest absolute Gasteiger partial charge is 0.330 e. The lowest BCUT2D eigenvalue weighted by molar-refractivity contribution is 0.570. The van der Waals surface area contributed by atoms with Crippen LogP contribution in [0.3, 0.4) is 0 Å². The van der Waals surface area contributed by atoms with Gasteiger partial charge in [-0.1, -0.05) is 29.8 Å². The van der Waals surface area contributed by atoms with Gasteiger partial charge in [-0.25, -0.2) is 8.78 Å². The third-order valence-electron chi connectivity index (χ3n) is 3.10. The highest BCUT2D eigenvalue weighted by atomic mass is 35.5. The summed E-state index contributed by atoms with van der Waals surface area (Å²) in [7, 11) is 0. The Morgan fingerprint density at radius 3 is 2.53 bits per heavy atom. The summed E-state index contributed by atoms with van der Waals surface area (Å²) >= 11 is 6.11. The van der Waals surface area contributed by atoms with Gasteiger partial charge < -0.3 is 5.73 Å². The molecule has 1 unspecified atom stereocenters. The second-order valence-electron chi connectivity index (χ2n) is 4.39. The van der Waals surface area contributed by atoms with Gasteiger partial charge in [-0.05, 0) is 48.4 Å². The molecule has 2 rings (SSSR count). The molecule has 0 radical (unpaired) electrons. The number of rotatable bonds is 4. The second kappa shape index (κ2) is 6.13. The Hall–Kier alpha value is -1.45. The Labute approximate surface area is 116 Å². The van der Waals surface area contributed by atoms with E-state index in [0.29, 0.717) is 23.6 Å². The highest BCUT2D eigenvalue weighted by Crippen LogP contribution is 2.27. The minimum absolute atomic E-state index is 0.134. The maximum Gasteiger partial charge on any atom is 0.126 e. The minimum Gasteiger partial charge on any atom is -0.330 e. The average molecular weight is 282 g/mol. The Balaban J connectivity index is 2.29. The summed E-state index contributed by atoms with van der Waals surface area (Å²) in [4.78, 5) is 0. The van der Waals surface area contributed by atoms with Crippen molar-refractivity contribution in [1.29, 1.82) is 0 Å². The monoisotopic (exact) mass is 281 g/mol. The van der Waals surface area contributed by atoms with Crippen LogP contribution < -0.4 is 5.73 Å². The van der Waals surface area contributed by atoms with E-state index in [-0.39, 0.29) is 5.92 Å². The molecule has 0 fully saturated rings. The standard InChI is InChI=1S/C15H14ClF2N/c16-14-4-2-1-3-13(14)11(9-19)7-10-8-12(17)5-6-15(10)18/h1-6,8,11H,7,9,19H2. The van der Waals surface area contributed by atoms with E-state index in [2.05, 4.69) is 0 Å². The molecule has 0 saturated carbocycles. The highest BCUT2D eigenvalue weighted by molar-refractivity contribution is 6.31. The van der Waals surface area contributed by atoms with Gasteiger partial charge in [0.1, 0.15) is 11.6 Å². The normalized spacial score (nSPS) is 12.4. The average Bonchev–Trinajstić information content (AvgIpc) is 2.41. The number of hydrogen-bond donors (Lipinski definition) is 1. The molecule has 0 aliphatic carbocycles. The van der Waals surface area contributed by atoms with Crippen LogP contribution >= 0.6 is 11.6 Å². The van der Waals surface area contributed by atoms with Crippen molar-refractivity contribution in [3.8, 4) is 0 Å². The molecule has 1 nitrogen and oxygen atoms in total. The summed E-state index contributed by atoms with van der Waals surface area (Å²) < 4.78 is 26.8. The fraction of sp³-hybridized carbons (Fsp3) is 0.200. The molecule has 2 aromatic carbocycles. The van der Waals surface area contributed by atoms with Crippen LogP contribution in [-0.4, -0.2) is 6.54 Å². The molecule has 100 valence electrons. The fourth-order valence-corrected chi connectivity index (χ4v) is 2.38. The molecule has 0 spiro atoms. The van der Waals surface area contributed by atoms with Crippen LogP contribution in [0.25, 0.3) is 0 Å². The van der Waals surface area contributed by atoms with Gasteiger partial charge in [0, 0.05) is 10.9 Å². The summed E-state index contributed by atoms with van der Waals surface area (Å²) in [6.45, 7) is 0.319. The van der Waals surface area contributed by atoms with Crippen LogP contribution in [0.1, 0.15) is 17.0 Å². The number of halogens is 3. The van der Waals surface area contributed by atoms with Crippen LogP contribution in [0, 0.1) is 11.6 Å². The van der Waals surface area contributed by atoms with Crippen molar-refractivity contribution < 1.29 is 8.78 Å². The molecule has 0 aliphatic rings. The smallest absolute Gasteiger partial charge is 0.126 e.